The number of hydrogen-bond donors (Lipinski definition) is 3. The van der Waals surface area contributed by atoms with Crippen molar-refractivity contribution < 1.29 is 28.6 Å². The van der Waals surface area contributed by atoms with Gasteiger partial charge in [-0.2, -0.15) is 0 Å². The van der Waals surface area contributed by atoms with Gasteiger partial charge in [-0.05, 0) is 67.6 Å². The van der Waals surface area contributed by atoms with Crippen molar-refractivity contribution in [2.45, 2.75) is 38.3 Å². The molecule has 0 heterocycles. The molecule has 0 aliphatic carbocycles. The topological polar surface area (TPSA) is 105 Å². The number of ether oxygens (including phenoxy) is 1. The lowest BCUT2D eigenvalue weighted by Crippen LogP contribution is -2.55. The first-order chi connectivity index (χ1) is 18.1. The second kappa shape index (κ2) is 13.0. The summed E-state index contributed by atoms with van der Waals surface area (Å²) in [5, 5.41) is 15.2. The molecule has 0 aliphatic rings. The summed E-state index contributed by atoms with van der Waals surface area (Å²) in [5.74, 6) is -3.50. The third kappa shape index (κ3) is 8.24. The zero-order chi connectivity index (χ0) is 27.7. The molecule has 0 fully saturated rings. The number of methoxy groups -OCH3 is 1. The number of aliphatic carboxylic acids is 1. The van der Waals surface area contributed by atoms with E-state index >= 15 is 0 Å². The van der Waals surface area contributed by atoms with E-state index in [9.17, 15) is 23.9 Å². The average Bonchev–Trinajstić information content (AvgIpc) is 2.89. The molecule has 3 aromatic carbocycles. The highest BCUT2D eigenvalue weighted by Crippen LogP contribution is 2.20. The number of hydrogen-bond acceptors (Lipinski definition) is 4. The number of amides is 2. The van der Waals surface area contributed by atoms with E-state index in [0.29, 0.717) is 12.0 Å². The molecule has 0 aromatic heterocycles. The third-order valence-corrected chi connectivity index (χ3v) is 6.13. The number of benzene rings is 3. The lowest BCUT2D eigenvalue weighted by atomic mass is 9.93. The van der Waals surface area contributed by atoms with Gasteiger partial charge in [0.25, 0.3) is 5.91 Å². The molecule has 0 saturated heterocycles. The fraction of sp³-hybridized carbons (Fsp3) is 0.300. The van der Waals surface area contributed by atoms with Crippen LogP contribution < -0.4 is 10.6 Å². The van der Waals surface area contributed by atoms with Crippen molar-refractivity contribution in [2.24, 2.45) is 5.92 Å². The van der Waals surface area contributed by atoms with Crippen LogP contribution in [0.4, 0.5) is 4.39 Å². The quantitative estimate of drug-likeness (QED) is 0.327. The second-order valence-corrected chi connectivity index (χ2v) is 9.87. The van der Waals surface area contributed by atoms with Gasteiger partial charge >= 0.3 is 5.97 Å². The minimum absolute atomic E-state index is 0.111. The van der Waals surface area contributed by atoms with Crippen LogP contribution in [0.3, 0.4) is 0 Å². The second-order valence-electron chi connectivity index (χ2n) is 9.87. The van der Waals surface area contributed by atoms with Crippen LogP contribution in [0.2, 0.25) is 0 Å². The normalized spacial score (nSPS) is 12.8. The van der Waals surface area contributed by atoms with Crippen molar-refractivity contribution in [3.05, 3.63) is 95.8 Å². The molecule has 7 nitrogen and oxygen atoms in total. The monoisotopic (exact) mass is 520 g/mol. The Morgan fingerprint density at radius 1 is 0.921 bits per heavy atom. The molecular formula is C30H33FN2O5. The Morgan fingerprint density at radius 3 is 2.11 bits per heavy atom. The molecule has 2 atom stereocenters. The van der Waals surface area contributed by atoms with Gasteiger partial charge in [0.2, 0.25) is 5.91 Å². The Labute approximate surface area is 222 Å². The predicted octanol–water partition coefficient (Wildman–Crippen LogP) is 4.47. The van der Waals surface area contributed by atoms with E-state index in [1.54, 1.807) is 38.1 Å². The third-order valence-electron chi connectivity index (χ3n) is 6.13. The summed E-state index contributed by atoms with van der Waals surface area (Å²) in [5.41, 5.74) is 2.34. The van der Waals surface area contributed by atoms with Gasteiger partial charge < -0.3 is 20.5 Å². The van der Waals surface area contributed by atoms with E-state index in [-0.39, 0.29) is 18.8 Å². The Kier molecular flexibility index (Phi) is 9.73. The highest BCUT2D eigenvalue weighted by molar-refractivity contribution is 5.98. The fourth-order valence-electron chi connectivity index (χ4n) is 4.22. The Morgan fingerprint density at radius 2 is 1.53 bits per heavy atom. The summed E-state index contributed by atoms with van der Waals surface area (Å²) in [6.07, 6.45) is 0.247. The number of carboxylic acid groups (broad SMARTS) is 1. The van der Waals surface area contributed by atoms with Gasteiger partial charge in [-0.1, -0.05) is 54.6 Å². The molecule has 0 radical (unpaired) electrons. The summed E-state index contributed by atoms with van der Waals surface area (Å²) in [6.45, 7) is 3.50. The van der Waals surface area contributed by atoms with Crippen LogP contribution in [0, 0.1) is 11.7 Å². The highest BCUT2D eigenvalue weighted by Gasteiger charge is 2.32. The van der Waals surface area contributed by atoms with Crippen molar-refractivity contribution in [3.63, 3.8) is 0 Å². The Bertz CT molecular complexity index is 1230. The van der Waals surface area contributed by atoms with Crippen LogP contribution in [0.1, 0.15) is 36.2 Å². The fourth-order valence-corrected chi connectivity index (χ4v) is 4.22. The molecule has 38 heavy (non-hydrogen) atoms. The lowest BCUT2D eigenvalue weighted by molar-refractivity contribution is -0.144. The molecule has 3 aromatic rings. The summed E-state index contributed by atoms with van der Waals surface area (Å²) in [7, 11) is 1.38. The summed E-state index contributed by atoms with van der Waals surface area (Å²) < 4.78 is 18.3. The van der Waals surface area contributed by atoms with Gasteiger partial charge in [-0.25, -0.2) is 4.39 Å². The molecule has 0 unspecified atom stereocenters. The van der Waals surface area contributed by atoms with E-state index in [1.807, 2.05) is 42.5 Å². The van der Waals surface area contributed by atoms with E-state index < -0.39 is 35.3 Å². The maximum Gasteiger partial charge on any atom is 0.308 e. The smallest absolute Gasteiger partial charge is 0.308 e. The van der Waals surface area contributed by atoms with Gasteiger partial charge in [0.1, 0.15) is 11.9 Å². The van der Waals surface area contributed by atoms with Crippen molar-refractivity contribution >= 4 is 17.8 Å². The molecule has 0 aliphatic heterocycles. The lowest BCUT2D eigenvalue weighted by Gasteiger charge is -2.30. The zero-order valence-corrected chi connectivity index (χ0v) is 21.7. The van der Waals surface area contributed by atoms with Crippen LogP contribution >= 0.6 is 0 Å². The predicted molar refractivity (Wildman–Crippen MR) is 143 cm³/mol. The molecule has 200 valence electrons. The maximum atomic E-state index is 13.4. The first-order valence-corrected chi connectivity index (χ1v) is 12.3. The molecule has 0 bridgehead atoms. The van der Waals surface area contributed by atoms with E-state index in [2.05, 4.69) is 10.6 Å². The molecule has 3 N–H and O–H groups in total. The molecule has 0 spiro atoms. The first kappa shape index (κ1) is 28.5. The Balaban J connectivity index is 1.77. The maximum absolute atomic E-state index is 13.4. The van der Waals surface area contributed by atoms with Crippen LogP contribution in [0.15, 0.2) is 78.9 Å². The van der Waals surface area contributed by atoms with Gasteiger partial charge in [-0.3, -0.25) is 14.4 Å². The standard InChI is InChI=1S/C30H33FN2O5/c1-30(2,18-20-9-15-25(31)16-10-20)33-28(35)26(17-24(19-38-3)29(36)37)32-27(34)23-13-11-22(12-14-23)21-7-5-4-6-8-21/h4-16,24,26H,17-19H2,1-3H3,(H,32,34)(H,33,35)(H,36,37)/t24-,26-/m0/s1. The van der Waals surface area contributed by atoms with E-state index in [1.165, 1.54) is 19.2 Å². The largest absolute Gasteiger partial charge is 0.481 e. The van der Waals surface area contributed by atoms with E-state index in [0.717, 1.165) is 16.7 Å². The van der Waals surface area contributed by atoms with Gasteiger partial charge in [0.05, 0.1) is 12.5 Å². The number of carbonyl (C=O) groups excluding carboxylic acids is 2. The minimum Gasteiger partial charge on any atom is -0.481 e. The van der Waals surface area contributed by atoms with Gasteiger partial charge in [0, 0.05) is 18.2 Å². The van der Waals surface area contributed by atoms with Crippen LogP contribution in [-0.2, 0) is 20.7 Å². The average molecular weight is 521 g/mol. The van der Waals surface area contributed by atoms with Crippen LogP contribution in [0.5, 0.6) is 0 Å². The summed E-state index contributed by atoms with van der Waals surface area (Å²) in [6, 6.07) is 21.5. The highest BCUT2D eigenvalue weighted by atomic mass is 19.1. The number of nitrogens with one attached hydrogen (secondary N) is 2. The molecular weight excluding hydrogens is 487 g/mol. The molecule has 0 saturated carbocycles. The van der Waals surface area contributed by atoms with Gasteiger partial charge in [0.15, 0.2) is 0 Å². The molecule has 2 amide bonds. The van der Waals surface area contributed by atoms with E-state index in [4.69, 9.17) is 4.74 Å². The zero-order valence-electron chi connectivity index (χ0n) is 21.7. The summed E-state index contributed by atoms with van der Waals surface area (Å²) >= 11 is 0. The molecule has 8 heteroatoms. The minimum atomic E-state index is -1.13. The van der Waals surface area contributed by atoms with Crippen molar-refractivity contribution in [3.8, 4) is 11.1 Å². The number of halogens is 1. The number of carboxylic acids is 1. The first-order valence-electron chi connectivity index (χ1n) is 12.3. The number of rotatable bonds is 12. The Hall–Kier alpha value is -4.04. The van der Waals surface area contributed by atoms with Gasteiger partial charge in [-0.15, -0.1) is 0 Å². The number of carbonyl (C=O) groups is 3. The van der Waals surface area contributed by atoms with Crippen molar-refractivity contribution in [1.82, 2.24) is 10.6 Å². The van der Waals surface area contributed by atoms with Crippen LogP contribution in [-0.4, -0.2) is 48.2 Å². The van der Waals surface area contributed by atoms with Crippen molar-refractivity contribution in [2.75, 3.05) is 13.7 Å². The summed E-state index contributed by atoms with van der Waals surface area (Å²) in [4.78, 5) is 38.2. The SMILES string of the molecule is COC[C@H](C[C@H](NC(=O)c1ccc(-c2ccccc2)cc1)C(=O)NC(C)(C)Cc1ccc(F)cc1)C(=O)O. The van der Waals surface area contributed by atoms with Crippen LogP contribution in [0.25, 0.3) is 11.1 Å². The molecule has 3 rings (SSSR count). The van der Waals surface area contributed by atoms with Crippen molar-refractivity contribution in [1.29, 1.82) is 0 Å².